The van der Waals surface area contributed by atoms with E-state index in [1.807, 2.05) is 0 Å². The molecule has 0 saturated carbocycles. The molecule has 3 rings (SSSR count). The van der Waals surface area contributed by atoms with Gasteiger partial charge in [-0.05, 0) is 67.1 Å². The first kappa shape index (κ1) is 22.7. The lowest BCUT2D eigenvalue weighted by Gasteiger charge is -2.12. The van der Waals surface area contributed by atoms with Crippen molar-refractivity contribution in [3.8, 4) is 11.5 Å². The average Bonchev–Trinajstić information content (AvgIpc) is 3.33. The maximum absolute atomic E-state index is 12.9. The molecule has 2 N–H and O–H groups in total. The second-order valence-electron chi connectivity index (χ2n) is 6.94. The van der Waals surface area contributed by atoms with Crippen molar-refractivity contribution in [2.75, 3.05) is 19.0 Å². The number of furan rings is 1. The summed E-state index contributed by atoms with van der Waals surface area (Å²) >= 11 is 0. The lowest BCUT2D eigenvalue weighted by atomic mass is 10.2. The molecule has 7 heteroatoms. The van der Waals surface area contributed by atoms with Gasteiger partial charge in [-0.3, -0.25) is 9.59 Å². The van der Waals surface area contributed by atoms with Crippen molar-refractivity contribution >= 4 is 23.6 Å². The Morgan fingerprint density at radius 3 is 2.34 bits per heavy atom. The van der Waals surface area contributed by atoms with Crippen LogP contribution >= 0.6 is 0 Å². The summed E-state index contributed by atoms with van der Waals surface area (Å²) in [5.41, 5.74) is 1.00. The van der Waals surface area contributed by atoms with Crippen molar-refractivity contribution in [1.82, 2.24) is 5.32 Å². The number of methoxy groups -OCH3 is 1. The molecule has 0 aliphatic carbocycles. The minimum absolute atomic E-state index is 0.0454. The van der Waals surface area contributed by atoms with Crippen molar-refractivity contribution in [3.63, 3.8) is 0 Å². The number of hydrogen-bond donors (Lipinski definition) is 2. The number of carbonyl (C=O) groups is 2. The standard InChI is InChI=1S/C25H26N2O5/c1-3-4-15-31-21-11-7-18(8-12-21)24(28)27-23(17-22-6-5-16-32-22)25(29)26-19-9-13-20(30-2)14-10-19/h5-14,16-17H,3-4,15H2,1-2H3,(H,26,29)(H,27,28). The second kappa shape index (κ2) is 11.4. The maximum Gasteiger partial charge on any atom is 0.272 e. The number of amides is 2. The summed E-state index contributed by atoms with van der Waals surface area (Å²) in [5.74, 6) is 0.889. The first-order chi connectivity index (χ1) is 15.6. The molecule has 0 aliphatic heterocycles. The van der Waals surface area contributed by atoms with Crippen molar-refractivity contribution < 1.29 is 23.5 Å². The van der Waals surface area contributed by atoms with Crippen LogP contribution in [0.1, 0.15) is 35.9 Å². The molecule has 0 bridgehead atoms. The first-order valence-electron chi connectivity index (χ1n) is 10.3. The molecular weight excluding hydrogens is 408 g/mol. The van der Waals surface area contributed by atoms with Crippen molar-refractivity contribution in [2.24, 2.45) is 0 Å². The molecule has 0 atom stereocenters. The van der Waals surface area contributed by atoms with Gasteiger partial charge in [0, 0.05) is 17.3 Å². The van der Waals surface area contributed by atoms with E-state index in [-0.39, 0.29) is 5.70 Å². The van der Waals surface area contributed by atoms with Crippen molar-refractivity contribution in [3.05, 3.63) is 83.9 Å². The zero-order valence-electron chi connectivity index (χ0n) is 18.1. The fourth-order valence-electron chi connectivity index (χ4n) is 2.78. The molecule has 1 aromatic heterocycles. The van der Waals surface area contributed by atoms with E-state index in [4.69, 9.17) is 13.9 Å². The van der Waals surface area contributed by atoms with E-state index in [2.05, 4.69) is 17.6 Å². The van der Waals surface area contributed by atoms with Crippen LogP contribution in [-0.2, 0) is 4.79 Å². The number of hydrogen-bond acceptors (Lipinski definition) is 5. The Hall–Kier alpha value is -4.00. The molecule has 32 heavy (non-hydrogen) atoms. The van der Waals surface area contributed by atoms with E-state index in [0.717, 1.165) is 12.8 Å². The SMILES string of the molecule is CCCCOc1ccc(C(=O)NC(=Cc2ccco2)C(=O)Nc2ccc(OC)cc2)cc1. The van der Waals surface area contributed by atoms with Crippen LogP contribution in [0.4, 0.5) is 5.69 Å². The lowest BCUT2D eigenvalue weighted by molar-refractivity contribution is -0.113. The summed E-state index contributed by atoms with van der Waals surface area (Å²) < 4.78 is 16.1. The number of unbranched alkanes of at least 4 members (excludes halogenated alkanes) is 1. The monoisotopic (exact) mass is 434 g/mol. The van der Waals surface area contributed by atoms with Gasteiger partial charge in [-0.25, -0.2) is 0 Å². The third-order valence-electron chi connectivity index (χ3n) is 4.55. The topological polar surface area (TPSA) is 89.8 Å². The minimum atomic E-state index is -0.487. The Morgan fingerprint density at radius 2 is 1.72 bits per heavy atom. The molecule has 0 spiro atoms. The number of benzene rings is 2. The number of anilines is 1. The second-order valence-corrected chi connectivity index (χ2v) is 6.94. The van der Waals surface area contributed by atoms with Crippen LogP contribution in [0.3, 0.4) is 0 Å². The quantitative estimate of drug-likeness (QED) is 0.351. The third kappa shape index (κ3) is 6.50. The number of rotatable bonds is 10. The summed E-state index contributed by atoms with van der Waals surface area (Å²) in [6.45, 7) is 2.72. The highest BCUT2D eigenvalue weighted by Gasteiger charge is 2.16. The van der Waals surface area contributed by atoms with Gasteiger partial charge in [0.25, 0.3) is 11.8 Å². The Labute approximate surface area is 187 Å². The van der Waals surface area contributed by atoms with E-state index < -0.39 is 11.8 Å². The van der Waals surface area contributed by atoms with Crippen LogP contribution in [0, 0.1) is 0 Å². The molecule has 0 aliphatic rings. The van der Waals surface area contributed by atoms with E-state index in [1.54, 1.807) is 67.8 Å². The summed E-state index contributed by atoms with van der Waals surface area (Å²) in [6, 6.07) is 17.0. The van der Waals surface area contributed by atoms with Crippen LogP contribution in [0.15, 0.2) is 77.0 Å². The lowest BCUT2D eigenvalue weighted by Crippen LogP contribution is -2.30. The fourth-order valence-corrected chi connectivity index (χ4v) is 2.78. The van der Waals surface area contributed by atoms with Gasteiger partial charge < -0.3 is 24.5 Å². The van der Waals surface area contributed by atoms with Crippen molar-refractivity contribution in [1.29, 1.82) is 0 Å². The summed E-state index contributed by atoms with van der Waals surface area (Å²) in [6.07, 6.45) is 4.97. The van der Waals surface area contributed by atoms with E-state index in [1.165, 1.54) is 12.3 Å². The van der Waals surface area contributed by atoms with Crippen molar-refractivity contribution in [2.45, 2.75) is 19.8 Å². The first-order valence-corrected chi connectivity index (χ1v) is 10.3. The average molecular weight is 434 g/mol. The van der Waals surface area contributed by atoms with Gasteiger partial charge in [0.05, 0.1) is 20.0 Å². The molecule has 0 unspecified atom stereocenters. The summed E-state index contributed by atoms with van der Waals surface area (Å²) in [5, 5.41) is 5.43. The Kier molecular flexibility index (Phi) is 8.09. The third-order valence-corrected chi connectivity index (χ3v) is 4.55. The van der Waals surface area contributed by atoms with Gasteiger partial charge in [0.1, 0.15) is 23.0 Å². The van der Waals surface area contributed by atoms with Crippen LogP contribution in [0.2, 0.25) is 0 Å². The van der Waals surface area contributed by atoms with Gasteiger partial charge in [-0.2, -0.15) is 0 Å². The van der Waals surface area contributed by atoms with Crippen LogP contribution in [-0.4, -0.2) is 25.5 Å². The number of nitrogens with one attached hydrogen (secondary N) is 2. The Morgan fingerprint density at radius 1 is 1.00 bits per heavy atom. The molecule has 166 valence electrons. The molecule has 2 amide bonds. The zero-order valence-corrected chi connectivity index (χ0v) is 18.1. The summed E-state index contributed by atoms with van der Waals surface area (Å²) in [7, 11) is 1.57. The fraction of sp³-hybridized carbons (Fsp3) is 0.200. The van der Waals surface area contributed by atoms with Crippen LogP contribution < -0.4 is 20.1 Å². The molecule has 1 heterocycles. The van der Waals surface area contributed by atoms with Gasteiger partial charge in [-0.15, -0.1) is 0 Å². The Bertz CT molecular complexity index is 1040. The molecule has 7 nitrogen and oxygen atoms in total. The molecule has 0 radical (unpaired) electrons. The molecule has 0 saturated heterocycles. The highest BCUT2D eigenvalue weighted by molar-refractivity contribution is 6.10. The summed E-state index contributed by atoms with van der Waals surface area (Å²) in [4.78, 5) is 25.6. The smallest absolute Gasteiger partial charge is 0.272 e. The normalized spacial score (nSPS) is 11.0. The van der Waals surface area contributed by atoms with E-state index >= 15 is 0 Å². The highest BCUT2D eigenvalue weighted by atomic mass is 16.5. The molecule has 0 fully saturated rings. The number of ether oxygens (including phenoxy) is 2. The number of carbonyl (C=O) groups excluding carboxylic acids is 2. The molecule has 2 aromatic carbocycles. The maximum atomic E-state index is 12.9. The van der Waals surface area contributed by atoms with E-state index in [0.29, 0.717) is 35.1 Å². The van der Waals surface area contributed by atoms with Gasteiger partial charge >= 0.3 is 0 Å². The largest absolute Gasteiger partial charge is 0.497 e. The Balaban J connectivity index is 1.72. The van der Waals surface area contributed by atoms with Crippen LogP contribution in [0.5, 0.6) is 11.5 Å². The van der Waals surface area contributed by atoms with Gasteiger partial charge in [-0.1, -0.05) is 13.3 Å². The molecular formula is C25H26N2O5. The minimum Gasteiger partial charge on any atom is -0.497 e. The predicted octanol–water partition coefficient (Wildman–Crippen LogP) is 4.88. The highest BCUT2D eigenvalue weighted by Crippen LogP contribution is 2.17. The van der Waals surface area contributed by atoms with Crippen LogP contribution in [0.25, 0.3) is 6.08 Å². The molecule has 3 aromatic rings. The van der Waals surface area contributed by atoms with E-state index in [9.17, 15) is 9.59 Å². The zero-order chi connectivity index (χ0) is 22.8. The van der Waals surface area contributed by atoms with Gasteiger partial charge in [0.2, 0.25) is 0 Å². The predicted molar refractivity (Wildman–Crippen MR) is 123 cm³/mol. The van der Waals surface area contributed by atoms with Gasteiger partial charge in [0.15, 0.2) is 0 Å².